The molecule has 0 spiro atoms. The third kappa shape index (κ3) is 17.6. The molecular formula is C55H70N9NaO22S. The molecule has 7 rings (SSSR count). The molecule has 3 saturated heterocycles. The molecule has 15 N–H and O–H groups in total. The zero-order chi connectivity index (χ0) is 63.4. The monoisotopic (exact) mass is 1260 g/mol. The number of aliphatic hydroxyl groups is 7. The molecule has 31 nitrogen and oxygen atoms in total. The van der Waals surface area contributed by atoms with Gasteiger partial charge >= 0.3 is 29.6 Å². The van der Waals surface area contributed by atoms with Gasteiger partial charge in [-0.25, -0.2) is 4.98 Å². The number of rotatable bonds is 20. The van der Waals surface area contributed by atoms with Crippen LogP contribution >= 0.6 is 12.3 Å². The molecule has 3 fully saturated rings. The van der Waals surface area contributed by atoms with E-state index in [1.165, 1.54) is 25.1 Å². The van der Waals surface area contributed by atoms with E-state index in [9.17, 15) is 84.5 Å². The van der Waals surface area contributed by atoms with E-state index >= 15 is 0 Å². The summed E-state index contributed by atoms with van der Waals surface area (Å²) in [6.07, 6.45) is -12.1. The molecule has 8 amide bonds. The van der Waals surface area contributed by atoms with Crippen molar-refractivity contribution < 1.29 is 137 Å². The molecule has 1 aromatic heterocycles. The van der Waals surface area contributed by atoms with Crippen LogP contribution in [0.25, 0.3) is 22.6 Å². The van der Waals surface area contributed by atoms with Crippen molar-refractivity contribution in [3.63, 3.8) is 0 Å². The number of phenolic OH excluding ortho intramolecular Hbond substituents is 1. The largest absolute Gasteiger partial charge is 1.00 e. The van der Waals surface area contributed by atoms with E-state index < -0.39 is 183 Å². The smallest absolute Gasteiger partial charge is 0.691 e. The molecule has 88 heavy (non-hydrogen) atoms. The van der Waals surface area contributed by atoms with Gasteiger partial charge in [-0.05, 0) is 73.5 Å². The van der Waals surface area contributed by atoms with E-state index in [0.29, 0.717) is 22.8 Å². The Labute approximate surface area is 529 Å². The zero-order valence-corrected chi connectivity index (χ0v) is 51.1. The molecule has 33 heteroatoms. The number of nitrogens with zero attached hydrogens (tertiary/aromatic N) is 3. The van der Waals surface area contributed by atoms with Crippen molar-refractivity contribution in [3.8, 4) is 28.7 Å². The van der Waals surface area contributed by atoms with Crippen molar-refractivity contribution in [1.82, 2.24) is 41.4 Å². The first-order chi connectivity index (χ1) is 41.4. The van der Waals surface area contributed by atoms with Crippen molar-refractivity contribution in [1.29, 1.82) is 0 Å². The van der Waals surface area contributed by atoms with Crippen molar-refractivity contribution in [3.05, 3.63) is 71.8 Å². The quantitative estimate of drug-likeness (QED) is 0.0129. The molecule has 0 aliphatic carbocycles. The minimum absolute atomic E-state index is 0. The molecule has 3 aromatic carbocycles. The third-order valence-electron chi connectivity index (χ3n) is 15.0. The average Bonchev–Trinajstić information content (AvgIpc) is 4.14. The topological polar surface area (TPSA) is 477 Å². The summed E-state index contributed by atoms with van der Waals surface area (Å²) >= 11 is -0.0873. The number of carbonyl (C=O) groups is 8. The number of carbonyl (C=O) groups excluding carboxylic acids is 8. The van der Waals surface area contributed by atoms with Crippen LogP contribution in [0.5, 0.6) is 17.2 Å². The Morgan fingerprint density at radius 3 is 2.22 bits per heavy atom. The molecule has 474 valence electrons. The van der Waals surface area contributed by atoms with Crippen molar-refractivity contribution in [2.24, 2.45) is 11.7 Å². The van der Waals surface area contributed by atoms with E-state index in [0.717, 1.165) is 55.7 Å². The van der Waals surface area contributed by atoms with Gasteiger partial charge in [0.1, 0.15) is 59.7 Å². The summed E-state index contributed by atoms with van der Waals surface area (Å²) in [7, 11) is 0. The number of fused-ring (bicyclic) bond motifs is 3. The van der Waals surface area contributed by atoms with E-state index in [1.54, 1.807) is 24.3 Å². The van der Waals surface area contributed by atoms with E-state index in [4.69, 9.17) is 19.1 Å². The number of unbranched alkanes of at least 4 members (excludes halogenated alkanes) is 3. The molecule has 0 saturated carbocycles. The first-order valence-electron chi connectivity index (χ1n) is 27.8. The zero-order valence-electron chi connectivity index (χ0n) is 48.3. The number of hydrogen-bond acceptors (Lipinski definition) is 24. The van der Waals surface area contributed by atoms with Crippen molar-refractivity contribution >= 4 is 70.7 Å². The number of aliphatic hydroxyl groups excluding tert-OH is 7. The Bertz CT molecular complexity index is 3110. The number of nitrogens with two attached hydrogens (primary N) is 1. The second kappa shape index (κ2) is 32.1. The number of hydrogen-bond donors (Lipinski definition) is 14. The number of ether oxygens (including phenoxy) is 1. The van der Waals surface area contributed by atoms with Crippen molar-refractivity contribution in [2.75, 3.05) is 26.2 Å². The molecule has 4 aromatic rings. The minimum Gasteiger partial charge on any atom is -0.691 e. The van der Waals surface area contributed by atoms with Crippen LogP contribution in [0.15, 0.2) is 65.1 Å². The van der Waals surface area contributed by atoms with E-state index in [1.807, 2.05) is 0 Å². The Morgan fingerprint density at radius 2 is 1.53 bits per heavy atom. The van der Waals surface area contributed by atoms with Gasteiger partial charge in [0.2, 0.25) is 47.2 Å². The summed E-state index contributed by atoms with van der Waals surface area (Å²) < 4.78 is 20.9. The van der Waals surface area contributed by atoms with Crippen LogP contribution in [-0.4, -0.2) is 202 Å². The summed E-state index contributed by atoms with van der Waals surface area (Å²) in [6.45, 7) is 3.32. The second-order valence-electron chi connectivity index (χ2n) is 21.5. The van der Waals surface area contributed by atoms with Gasteiger partial charge in [0.05, 0.1) is 43.5 Å². The van der Waals surface area contributed by atoms with Gasteiger partial charge in [-0.15, -0.1) is 4.33 Å². The van der Waals surface area contributed by atoms with Gasteiger partial charge in [-0.1, -0.05) is 39.2 Å². The number of primary amides is 1. The van der Waals surface area contributed by atoms with Crippen LogP contribution in [0, 0.1) is 5.92 Å². The first-order valence-corrected chi connectivity index (χ1v) is 28.5. The average molecular weight is 1260 g/mol. The Balaban J connectivity index is 0.0000124. The predicted octanol–water partition coefficient (Wildman–Crippen LogP) is -6.36. The maximum atomic E-state index is 14.7. The van der Waals surface area contributed by atoms with Crippen LogP contribution in [0.3, 0.4) is 0 Å². The molecule has 14 unspecified atom stereocenters. The molecular weight excluding hydrogens is 1190 g/mol. The minimum atomic E-state index is -2.54. The number of amides is 8. The number of aromatic nitrogens is 1. The van der Waals surface area contributed by atoms with Gasteiger partial charge in [0.15, 0.2) is 17.1 Å². The maximum Gasteiger partial charge on any atom is 1.00 e. The van der Waals surface area contributed by atoms with Gasteiger partial charge < -0.3 is 102 Å². The number of benzene rings is 3. The van der Waals surface area contributed by atoms with Gasteiger partial charge in [0, 0.05) is 49.5 Å². The molecule has 0 bridgehead atoms. The number of oxazole rings is 1. The van der Waals surface area contributed by atoms with E-state index in [2.05, 4.69) is 47.9 Å². The Hall–Kier alpha value is -6.76. The number of aromatic hydroxyl groups is 1. The summed E-state index contributed by atoms with van der Waals surface area (Å²) in [4.78, 5) is 120. The first kappa shape index (κ1) is 70.3. The molecule has 3 aliphatic rings. The van der Waals surface area contributed by atoms with Gasteiger partial charge in [-0.2, -0.15) is 0 Å². The molecule has 3 aliphatic heterocycles. The van der Waals surface area contributed by atoms with Crippen molar-refractivity contribution in [2.45, 2.75) is 145 Å². The Kier molecular flexibility index (Phi) is 25.7. The fourth-order valence-corrected chi connectivity index (χ4v) is 10.5. The number of β-amino-alcohol motifs (C(OH)–C–C–N with tert-alkyl or cyclic N) is 1. The standard InChI is InChI=1S/C55H71N9O22S.Na/c1-4-5-6-7-16-82-32-12-8-27(9-13-32)53-59-33-17-29(11-15-38(33)83-53)48(74)58-34-19-30(66)22-57-52(78)44-45(71)25(2)23-64(44)55(80)42(37(69)21-40(56)70)61-51(77)43(47(73)46(72)28-10-14-36(68)39(18-28)84-87-86-85-81)62-50(76)35-20-31(67)24-63(35)54(79)41(26(3)65)60-49(34)75;/h8-15,17-18,25-26,30-31,34-35,37,41-47,65-69,71-73,81H,4-7,16,19-24H2,1-3H3,(H2,56,70)(H,57,78)(H,58,74)(H,60,75)(H,61,77)(H,62,76);/q;+1/p-1. The summed E-state index contributed by atoms with van der Waals surface area (Å²) in [6, 6.07) is 1.70. The van der Waals surface area contributed by atoms with Gasteiger partial charge in [-0.3, -0.25) is 43.4 Å². The number of nitrogens with one attached hydrogen (secondary N) is 5. The van der Waals surface area contributed by atoms with Crippen LogP contribution in [-0.2, 0) is 42.9 Å². The second-order valence-corrected chi connectivity index (χ2v) is 21.9. The van der Waals surface area contributed by atoms with Crippen LogP contribution < -0.4 is 76.1 Å². The number of phenols is 1. The van der Waals surface area contributed by atoms with Crippen LogP contribution in [0.1, 0.15) is 87.7 Å². The van der Waals surface area contributed by atoms with Crippen LogP contribution in [0.4, 0.5) is 0 Å². The van der Waals surface area contributed by atoms with Crippen LogP contribution in [0.2, 0.25) is 0 Å². The molecule has 0 radical (unpaired) electrons. The van der Waals surface area contributed by atoms with E-state index in [-0.39, 0.29) is 70.0 Å². The van der Waals surface area contributed by atoms with Gasteiger partial charge in [0.25, 0.3) is 18.2 Å². The molecule has 4 heterocycles. The molecule has 14 atom stereocenters. The predicted molar refractivity (Wildman–Crippen MR) is 298 cm³/mol. The summed E-state index contributed by atoms with van der Waals surface area (Å²) in [5.74, 6) is -11.2. The normalized spacial score (nSPS) is 25.5. The Morgan fingerprint density at radius 1 is 0.841 bits per heavy atom. The summed E-state index contributed by atoms with van der Waals surface area (Å²) in [5.41, 5.74) is 6.02. The fraction of sp³-hybridized carbons (Fsp3) is 0.509. The third-order valence-corrected chi connectivity index (χ3v) is 15.3. The SMILES string of the molecule is CCCCCCOc1ccc(-c2nc3cc(C(=O)NC4CC(O)CNC(=O)C5C(O)C(C)CN5C(=O)C(C(O)CC(N)=O)NC(=O)C(C(O)C(O)c5ccc(O)c(OSOO[O-])c5)NC(=O)C5CC(O)CN5C(=O)C(C(C)O)NC4=O)ccc3o2)cc1.[Na+]. The fourth-order valence-electron chi connectivity index (χ4n) is 10.3. The maximum absolute atomic E-state index is 14.7. The summed E-state index contributed by atoms with van der Waals surface area (Å²) in [5, 5.41) is 115.